The van der Waals surface area contributed by atoms with E-state index in [2.05, 4.69) is 18.0 Å². The van der Waals surface area contributed by atoms with Gasteiger partial charge in [-0.25, -0.2) is 0 Å². The molecule has 0 amide bonds. The second-order valence-corrected chi connectivity index (χ2v) is 6.04. The number of phenolic OH excluding ortho intramolecular Hbond substituents is 1. The summed E-state index contributed by atoms with van der Waals surface area (Å²) >= 11 is 0. The molecule has 2 bridgehead atoms. The molecule has 2 fully saturated rings. The van der Waals surface area contributed by atoms with Gasteiger partial charge in [-0.15, -0.1) is 0 Å². The largest absolute Gasteiger partial charge is 0.504 e. The Balaban J connectivity index is 1.89. The number of phenols is 1. The van der Waals surface area contributed by atoms with E-state index >= 15 is 0 Å². The maximum absolute atomic E-state index is 10.0. The lowest BCUT2D eigenvalue weighted by molar-refractivity contribution is -0.0308. The fourth-order valence-electron chi connectivity index (χ4n) is 4.33. The molecular formula is C15H19NO2. The van der Waals surface area contributed by atoms with Crippen molar-refractivity contribution in [3.05, 3.63) is 23.8 Å². The zero-order valence-electron chi connectivity index (χ0n) is 10.7. The van der Waals surface area contributed by atoms with Gasteiger partial charge in [0.05, 0.1) is 0 Å². The van der Waals surface area contributed by atoms with E-state index in [0.29, 0.717) is 11.8 Å². The highest BCUT2D eigenvalue weighted by Crippen LogP contribution is 2.57. The smallest absolute Gasteiger partial charge is 0.165 e. The molecule has 1 aromatic rings. The summed E-state index contributed by atoms with van der Waals surface area (Å²) in [6.07, 6.45) is 5.09. The Kier molecular flexibility index (Phi) is 2.03. The summed E-state index contributed by atoms with van der Waals surface area (Å²) in [5.74, 6) is 1.06. The van der Waals surface area contributed by atoms with E-state index in [-0.39, 0.29) is 11.5 Å². The van der Waals surface area contributed by atoms with Gasteiger partial charge in [-0.05, 0) is 38.9 Å². The molecule has 2 aliphatic heterocycles. The van der Waals surface area contributed by atoms with E-state index in [1.165, 1.54) is 24.8 Å². The van der Waals surface area contributed by atoms with Gasteiger partial charge in [0, 0.05) is 17.0 Å². The number of para-hydroxylation sites is 1. The van der Waals surface area contributed by atoms with Crippen LogP contribution < -0.4 is 4.74 Å². The van der Waals surface area contributed by atoms with Crippen LogP contribution in [0, 0.1) is 0 Å². The predicted octanol–water partition coefficient (Wildman–Crippen LogP) is 2.28. The van der Waals surface area contributed by atoms with Gasteiger partial charge in [0.1, 0.15) is 6.10 Å². The second kappa shape index (κ2) is 3.41. The predicted molar refractivity (Wildman–Crippen MR) is 69.1 cm³/mol. The van der Waals surface area contributed by atoms with Gasteiger partial charge >= 0.3 is 0 Å². The zero-order chi connectivity index (χ0) is 12.3. The van der Waals surface area contributed by atoms with Gasteiger partial charge in [0.2, 0.25) is 0 Å². The molecule has 2 heterocycles. The molecule has 0 spiro atoms. The molecule has 1 aliphatic carbocycles. The van der Waals surface area contributed by atoms with Crippen molar-refractivity contribution in [2.75, 3.05) is 13.6 Å². The fraction of sp³-hybridized carbons (Fsp3) is 0.600. The number of benzene rings is 1. The van der Waals surface area contributed by atoms with Crippen molar-refractivity contribution in [2.24, 2.45) is 0 Å². The third-order valence-corrected chi connectivity index (χ3v) is 5.27. The van der Waals surface area contributed by atoms with Crippen molar-refractivity contribution in [1.29, 1.82) is 0 Å². The molecule has 1 N–H and O–H groups in total. The van der Waals surface area contributed by atoms with Crippen molar-refractivity contribution in [3.63, 3.8) is 0 Å². The standard InChI is InChI=1S/C15H19NO2/c1-16-9-8-15-7-3-5-11(16)14(15)18-13-10(15)4-2-6-12(13)17/h2,4,6,11,14,17H,3,5,7-9H2,1H3/t11-,14-,15-/m0/s1. The first-order chi connectivity index (χ1) is 8.72. The number of likely N-dealkylation sites (N-methyl/N-ethyl adjacent to an activating group) is 1. The van der Waals surface area contributed by atoms with Crippen LogP contribution in [-0.2, 0) is 5.41 Å². The minimum Gasteiger partial charge on any atom is -0.504 e. The van der Waals surface area contributed by atoms with Crippen LogP contribution in [0.25, 0.3) is 0 Å². The minimum atomic E-state index is 0.170. The highest BCUT2D eigenvalue weighted by atomic mass is 16.5. The van der Waals surface area contributed by atoms with Crippen LogP contribution in [0.1, 0.15) is 31.2 Å². The zero-order valence-corrected chi connectivity index (χ0v) is 10.7. The summed E-state index contributed by atoms with van der Waals surface area (Å²) < 4.78 is 6.18. The summed E-state index contributed by atoms with van der Waals surface area (Å²) in [4.78, 5) is 2.44. The van der Waals surface area contributed by atoms with Crippen LogP contribution in [0.3, 0.4) is 0 Å². The maximum atomic E-state index is 10.0. The Labute approximate surface area is 107 Å². The molecule has 0 unspecified atom stereocenters. The first-order valence-electron chi connectivity index (χ1n) is 6.92. The summed E-state index contributed by atoms with van der Waals surface area (Å²) in [6, 6.07) is 6.36. The fourth-order valence-corrected chi connectivity index (χ4v) is 4.33. The number of nitrogens with zero attached hydrogens (tertiary/aromatic N) is 1. The number of piperidine rings is 1. The van der Waals surface area contributed by atoms with E-state index in [1.807, 2.05) is 6.07 Å². The molecule has 3 aliphatic rings. The first kappa shape index (κ1) is 10.7. The molecule has 18 heavy (non-hydrogen) atoms. The van der Waals surface area contributed by atoms with Crippen LogP contribution in [-0.4, -0.2) is 35.7 Å². The number of rotatable bonds is 0. The molecule has 3 heteroatoms. The second-order valence-electron chi connectivity index (χ2n) is 6.04. The van der Waals surface area contributed by atoms with E-state index < -0.39 is 0 Å². The Morgan fingerprint density at radius 1 is 1.39 bits per heavy atom. The molecule has 3 nitrogen and oxygen atoms in total. The SMILES string of the molecule is CN1CC[C@]23CCC[C@H]1[C@@H]2Oc1c(O)cccc13. The van der Waals surface area contributed by atoms with Crippen molar-refractivity contribution in [1.82, 2.24) is 4.90 Å². The number of aromatic hydroxyl groups is 1. The van der Waals surface area contributed by atoms with E-state index in [4.69, 9.17) is 4.74 Å². The van der Waals surface area contributed by atoms with Gasteiger partial charge in [-0.3, -0.25) is 4.90 Å². The molecular weight excluding hydrogens is 226 g/mol. The summed E-state index contributed by atoms with van der Waals surface area (Å²) in [7, 11) is 2.20. The van der Waals surface area contributed by atoms with Gasteiger partial charge in [-0.2, -0.15) is 0 Å². The van der Waals surface area contributed by atoms with Crippen molar-refractivity contribution in [3.8, 4) is 11.5 Å². The average molecular weight is 245 g/mol. The van der Waals surface area contributed by atoms with Gasteiger partial charge in [0.15, 0.2) is 11.5 Å². The molecule has 0 aromatic heterocycles. The quantitative estimate of drug-likeness (QED) is 0.761. The molecule has 4 rings (SSSR count). The number of ether oxygens (including phenoxy) is 1. The number of fused-ring (bicyclic) bond motifs is 1. The van der Waals surface area contributed by atoms with Gasteiger partial charge < -0.3 is 9.84 Å². The van der Waals surface area contributed by atoms with Crippen LogP contribution in [0.2, 0.25) is 0 Å². The number of hydrogen-bond donors (Lipinski definition) is 1. The van der Waals surface area contributed by atoms with E-state index in [9.17, 15) is 5.11 Å². The van der Waals surface area contributed by atoms with Crippen molar-refractivity contribution in [2.45, 2.75) is 43.2 Å². The summed E-state index contributed by atoms with van der Waals surface area (Å²) in [5.41, 5.74) is 1.43. The molecule has 0 radical (unpaired) electrons. The molecule has 1 saturated carbocycles. The van der Waals surface area contributed by atoms with E-state index in [0.717, 1.165) is 18.7 Å². The summed E-state index contributed by atoms with van der Waals surface area (Å²) in [5, 5.41) is 10.0. The Hall–Kier alpha value is -1.22. The highest BCUT2D eigenvalue weighted by molar-refractivity contribution is 5.54. The van der Waals surface area contributed by atoms with Crippen LogP contribution in [0.5, 0.6) is 11.5 Å². The monoisotopic (exact) mass is 245 g/mol. The topological polar surface area (TPSA) is 32.7 Å². The van der Waals surface area contributed by atoms with Gasteiger partial charge in [0.25, 0.3) is 0 Å². The Morgan fingerprint density at radius 3 is 3.17 bits per heavy atom. The Morgan fingerprint density at radius 2 is 2.28 bits per heavy atom. The number of likely N-dealkylation sites (tertiary alicyclic amines) is 1. The third kappa shape index (κ3) is 1.13. The molecule has 96 valence electrons. The molecule has 3 atom stereocenters. The highest BCUT2D eigenvalue weighted by Gasteiger charge is 2.57. The van der Waals surface area contributed by atoms with Crippen molar-refractivity contribution < 1.29 is 9.84 Å². The van der Waals surface area contributed by atoms with Crippen molar-refractivity contribution >= 4 is 0 Å². The van der Waals surface area contributed by atoms with Gasteiger partial charge in [-0.1, -0.05) is 18.6 Å². The minimum absolute atomic E-state index is 0.170. The Bertz CT molecular complexity index is 501. The molecule has 1 aromatic carbocycles. The number of hydrogen-bond acceptors (Lipinski definition) is 3. The third-order valence-electron chi connectivity index (χ3n) is 5.27. The maximum Gasteiger partial charge on any atom is 0.165 e. The van der Waals surface area contributed by atoms with Crippen LogP contribution >= 0.6 is 0 Å². The first-order valence-corrected chi connectivity index (χ1v) is 6.92. The van der Waals surface area contributed by atoms with Crippen LogP contribution in [0.15, 0.2) is 18.2 Å². The lowest BCUT2D eigenvalue weighted by Gasteiger charge is -2.51. The lowest BCUT2D eigenvalue weighted by atomic mass is 9.62. The molecule has 1 saturated heterocycles. The summed E-state index contributed by atoms with van der Waals surface area (Å²) in [6.45, 7) is 1.14. The van der Waals surface area contributed by atoms with Crippen LogP contribution in [0.4, 0.5) is 0 Å². The lowest BCUT2D eigenvalue weighted by Crippen LogP contribution is -2.60. The normalized spacial score (nSPS) is 37.8. The van der Waals surface area contributed by atoms with E-state index in [1.54, 1.807) is 6.07 Å². The average Bonchev–Trinajstić information content (AvgIpc) is 2.72.